The summed E-state index contributed by atoms with van der Waals surface area (Å²) in [6.45, 7) is 1.06. The minimum atomic E-state index is 0.527. The van der Waals surface area contributed by atoms with Crippen LogP contribution >= 0.6 is 0 Å². The Balaban J connectivity index is 2.20. The lowest BCUT2D eigenvalue weighted by atomic mass is 10.2. The fourth-order valence-electron chi connectivity index (χ4n) is 1.61. The van der Waals surface area contributed by atoms with Gasteiger partial charge in [-0.25, -0.2) is 9.97 Å². The molecule has 13 heavy (non-hydrogen) atoms. The number of hydrogen-bond donors (Lipinski definition) is 1. The third kappa shape index (κ3) is 1.62. The average molecular weight is 179 g/mol. The Kier molecular flexibility index (Phi) is 2.40. The van der Waals surface area contributed by atoms with Gasteiger partial charge in [0.15, 0.2) is 0 Å². The van der Waals surface area contributed by atoms with E-state index < -0.39 is 0 Å². The van der Waals surface area contributed by atoms with E-state index in [4.69, 9.17) is 10.5 Å². The molecule has 4 heteroatoms. The van der Waals surface area contributed by atoms with Crippen LogP contribution in [0.2, 0.25) is 0 Å². The van der Waals surface area contributed by atoms with E-state index >= 15 is 0 Å². The van der Waals surface area contributed by atoms with Crippen molar-refractivity contribution in [2.24, 2.45) is 5.73 Å². The highest BCUT2D eigenvalue weighted by Crippen LogP contribution is 2.26. The molecule has 0 saturated heterocycles. The largest absolute Gasteiger partial charge is 0.476 e. The molecule has 0 aliphatic heterocycles. The van der Waals surface area contributed by atoms with Gasteiger partial charge in [0.25, 0.3) is 0 Å². The van der Waals surface area contributed by atoms with E-state index in [0.29, 0.717) is 13.2 Å². The molecule has 0 bridgehead atoms. The van der Waals surface area contributed by atoms with Gasteiger partial charge in [0.05, 0.1) is 5.69 Å². The normalized spacial score (nSPS) is 14.2. The van der Waals surface area contributed by atoms with Crippen LogP contribution in [-0.2, 0) is 12.8 Å². The summed E-state index contributed by atoms with van der Waals surface area (Å²) in [5, 5.41) is 0. The van der Waals surface area contributed by atoms with E-state index in [1.54, 1.807) is 6.33 Å². The highest BCUT2D eigenvalue weighted by atomic mass is 16.5. The second-order valence-electron chi connectivity index (χ2n) is 3.09. The van der Waals surface area contributed by atoms with Gasteiger partial charge < -0.3 is 10.5 Å². The van der Waals surface area contributed by atoms with Gasteiger partial charge in [-0.3, -0.25) is 0 Å². The molecule has 0 amide bonds. The van der Waals surface area contributed by atoms with E-state index in [0.717, 1.165) is 30.8 Å². The van der Waals surface area contributed by atoms with Gasteiger partial charge in [0, 0.05) is 12.1 Å². The lowest BCUT2D eigenvalue weighted by Gasteiger charge is -2.06. The molecule has 4 nitrogen and oxygen atoms in total. The van der Waals surface area contributed by atoms with E-state index in [1.807, 2.05) is 0 Å². The number of nitrogens with zero attached hydrogens (tertiary/aromatic N) is 2. The van der Waals surface area contributed by atoms with Crippen LogP contribution in [0.15, 0.2) is 6.33 Å². The molecule has 0 aromatic carbocycles. The summed E-state index contributed by atoms with van der Waals surface area (Å²) in [6.07, 6.45) is 4.82. The van der Waals surface area contributed by atoms with Crippen LogP contribution in [-0.4, -0.2) is 23.1 Å². The zero-order valence-electron chi connectivity index (χ0n) is 7.49. The summed E-state index contributed by atoms with van der Waals surface area (Å²) in [5.74, 6) is 0.730. The molecule has 0 saturated carbocycles. The monoisotopic (exact) mass is 179 g/mol. The Morgan fingerprint density at radius 3 is 3.15 bits per heavy atom. The van der Waals surface area contributed by atoms with Gasteiger partial charge in [0.1, 0.15) is 12.9 Å². The second kappa shape index (κ2) is 3.70. The standard InChI is InChI=1S/C9H13N3O/c10-4-5-13-9-7-2-1-3-8(7)11-6-12-9/h6H,1-5,10H2. The molecule has 2 N–H and O–H groups in total. The van der Waals surface area contributed by atoms with Gasteiger partial charge >= 0.3 is 0 Å². The van der Waals surface area contributed by atoms with Crippen LogP contribution in [0.25, 0.3) is 0 Å². The first-order chi connectivity index (χ1) is 6.42. The average Bonchev–Trinajstić information content (AvgIpc) is 2.62. The molecular formula is C9H13N3O. The van der Waals surface area contributed by atoms with Gasteiger partial charge in [-0.15, -0.1) is 0 Å². The van der Waals surface area contributed by atoms with Crippen molar-refractivity contribution in [3.8, 4) is 5.88 Å². The van der Waals surface area contributed by atoms with Crippen LogP contribution < -0.4 is 10.5 Å². The molecule has 1 aliphatic rings. The van der Waals surface area contributed by atoms with Crippen molar-refractivity contribution >= 4 is 0 Å². The SMILES string of the molecule is NCCOc1ncnc2c1CCC2. The lowest BCUT2D eigenvalue weighted by Crippen LogP contribution is -2.12. The minimum Gasteiger partial charge on any atom is -0.476 e. The summed E-state index contributed by atoms with van der Waals surface area (Å²) in [4.78, 5) is 8.30. The molecule has 0 unspecified atom stereocenters. The van der Waals surface area contributed by atoms with Gasteiger partial charge in [-0.1, -0.05) is 0 Å². The number of fused-ring (bicyclic) bond motifs is 1. The highest BCUT2D eigenvalue weighted by molar-refractivity contribution is 5.33. The van der Waals surface area contributed by atoms with E-state index in [2.05, 4.69) is 9.97 Å². The molecule has 0 spiro atoms. The van der Waals surface area contributed by atoms with Crippen molar-refractivity contribution in [3.63, 3.8) is 0 Å². The van der Waals surface area contributed by atoms with E-state index in [9.17, 15) is 0 Å². The van der Waals surface area contributed by atoms with Gasteiger partial charge in [0.2, 0.25) is 5.88 Å². The summed E-state index contributed by atoms with van der Waals surface area (Å²) in [5.41, 5.74) is 7.67. The van der Waals surface area contributed by atoms with E-state index in [1.165, 1.54) is 5.56 Å². The molecule has 0 fully saturated rings. The highest BCUT2D eigenvalue weighted by Gasteiger charge is 2.17. The summed E-state index contributed by atoms with van der Waals surface area (Å²) in [7, 11) is 0. The van der Waals surface area contributed by atoms with Crippen LogP contribution in [0.1, 0.15) is 17.7 Å². The van der Waals surface area contributed by atoms with Gasteiger partial charge in [-0.2, -0.15) is 0 Å². The first-order valence-electron chi connectivity index (χ1n) is 4.57. The van der Waals surface area contributed by atoms with Crippen molar-refractivity contribution < 1.29 is 4.74 Å². The molecule has 0 atom stereocenters. The number of rotatable bonds is 3. The van der Waals surface area contributed by atoms with E-state index in [-0.39, 0.29) is 0 Å². The van der Waals surface area contributed by atoms with Crippen molar-refractivity contribution in [2.45, 2.75) is 19.3 Å². The Hall–Kier alpha value is -1.16. The second-order valence-corrected chi connectivity index (χ2v) is 3.09. The summed E-state index contributed by atoms with van der Waals surface area (Å²) < 4.78 is 5.42. The first kappa shape index (κ1) is 8.44. The molecule has 1 heterocycles. The Bertz CT molecular complexity index is 301. The Labute approximate surface area is 77.1 Å². The Morgan fingerprint density at radius 1 is 1.38 bits per heavy atom. The zero-order valence-corrected chi connectivity index (χ0v) is 7.49. The molecular weight excluding hydrogens is 166 g/mol. The van der Waals surface area contributed by atoms with Crippen molar-refractivity contribution in [1.29, 1.82) is 0 Å². The fourth-order valence-corrected chi connectivity index (χ4v) is 1.61. The number of aromatic nitrogens is 2. The predicted octanol–water partition coefficient (Wildman–Crippen LogP) is 0.303. The maximum absolute atomic E-state index is 5.42. The predicted molar refractivity (Wildman–Crippen MR) is 48.6 cm³/mol. The van der Waals surface area contributed by atoms with Crippen molar-refractivity contribution in [2.75, 3.05) is 13.2 Å². The molecule has 70 valence electrons. The summed E-state index contributed by atoms with van der Waals surface area (Å²) >= 11 is 0. The Morgan fingerprint density at radius 2 is 2.31 bits per heavy atom. The molecule has 1 aliphatic carbocycles. The summed E-state index contributed by atoms with van der Waals surface area (Å²) in [6, 6.07) is 0. The van der Waals surface area contributed by atoms with Crippen LogP contribution in [0.3, 0.4) is 0 Å². The van der Waals surface area contributed by atoms with Crippen molar-refractivity contribution in [3.05, 3.63) is 17.6 Å². The molecule has 1 aromatic heterocycles. The van der Waals surface area contributed by atoms with Crippen molar-refractivity contribution in [1.82, 2.24) is 9.97 Å². The zero-order chi connectivity index (χ0) is 9.10. The maximum atomic E-state index is 5.42. The third-order valence-corrected chi connectivity index (χ3v) is 2.19. The maximum Gasteiger partial charge on any atom is 0.219 e. The first-order valence-corrected chi connectivity index (χ1v) is 4.57. The number of nitrogens with two attached hydrogens (primary N) is 1. The molecule has 2 rings (SSSR count). The van der Waals surface area contributed by atoms with Crippen LogP contribution in [0, 0.1) is 0 Å². The minimum absolute atomic E-state index is 0.527. The smallest absolute Gasteiger partial charge is 0.219 e. The lowest BCUT2D eigenvalue weighted by molar-refractivity contribution is 0.311. The number of ether oxygens (including phenoxy) is 1. The third-order valence-electron chi connectivity index (χ3n) is 2.19. The van der Waals surface area contributed by atoms with Crippen LogP contribution in [0.4, 0.5) is 0 Å². The van der Waals surface area contributed by atoms with Crippen LogP contribution in [0.5, 0.6) is 5.88 Å². The quantitative estimate of drug-likeness (QED) is 0.725. The topological polar surface area (TPSA) is 61.0 Å². The number of hydrogen-bond acceptors (Lipinski definition) is 4. The van der Waals surface area contributed by atoms with Gasteiger partial charge in [-0.05, 0) is 19.3 Å². The molecule has 0 radical (unpaired) electrons. The molecule has 1 aromatic rings. The fraction of sp³-hybridized carbons (Fsp3) is 0.556. The number of aryl methyl sites for hydroxylation is 1.